The van der Waals surface area contributed by atoms with Crippen molar-refractivity contribution in [3.63, 3.8) is 0 Å². The summed E-state index contributed by atoms with van der Waals surface area (Å²) in [5.74, 6) is 0. The number of thiol groups is 1. The number of hydrogen-bond acceptors (Lipinski definition) is 2. The minimum Gasteiger partial charge on any atom is -0.328 e. The first-order valence-corrected chi connectivity index (χ1v) is 4.16. The summed E-state index contributed by atoms with van der Waals surface area (Å²) < 4.78 is 0. The van der Waals surface area contributed by atoms with Crippen molar-refractivity contribution in [3.05, 3.63) is 0 Å². The summed E-state index contributed by atoms with van der Waals surface area (Å²) >= 11 is 3.76. The fourth-order valence-electron chi connectivity index (χ4n) is 1.03. The fourth-order valence-corrected chi connectivity index (χ4v) is 1.46. The van der Waals surface area contributed by atoms with Gasteiger partial charge < -0.3 is 10.6 Å². The van der Waals surface area contributed by atoms with E-state index in [2.05, 4.69) is 12.6 Å². The van der Waals surface area contributed by atoms with Gasteiger partial charge in [-0.2, -0.15) is 0 Å². The first kappa shape index (κ1) is 10.8. The molecule has 0 aromatic rings. The molecule has 0 spiro atoms. The highest BCUT2D eigenvalue weighted by atomic mass is 32.1. The zero-order valence-electron chi connectivity index (χ0n) is 7.24. The maximum absolute atomic E-state index is 10.9. The van der Waals surface area contributed by atoms with Crippen molar-refractivity contribution in [1.82, 2.24) is 4.90 Å². The topological polar surface area (TPSA) is 46.3 Å². The molecule has 66 valence electrons. The van der Waals surface area contributed by atoms with Gasteiger partial charge in [-0.05, 0) is 20.8 Å². The Morgan fingerprint density at radius 1 is 1.55 bits per heavy atom. The van der Waals surface area contributed by atoms with Gasteiger partial charge in [-0.15, -0.1) is 0 Å². The van der Waals surface area contributed by atoms with Crippen LogP contribution < -0.4 is 5.73 Å². The minimum atomic E-state index is -0.210. The number of rotatable bonds is 3. The summed E-state index contributed by atoms with van der Waals surface area (Å²) in [5, 5.41) is -0.210. The number of nitrogens with two attached hydrogens (primary N) is 1. The van der Waals surface area contributed by atoms with Crippen molar-refractivity contribution in [3.8, 4) is 0 Å². The van der Waals surface area contributed by atoms with E-state index in [-0.39, 0.29) is 17.3 Å². The Kier molecular flexibility index (Phi) is 4.52. The number of hydrogen-bond donors (Lipinski definition) is 2. The van der Waals surface area contributed by atoms with Crippen LogP contribution in [0.25, 0.3) is 0 Å². The molecule has 0 aliphatic heterocycles. The SMILES string of the molecule is CC(C)N(C(=O)S)C(C)CN. The number of carbonyl (C=O) groups excluding carboxylic acids is 1. The predicted molar refractivity (Wildman–Crippen MR) is 49.9 cm³/mol. The van der Waals surface area contributed by atoms with Crippen molar-refractivity contribution in [2.45, 2.75) is 32.9 Å². The van der Waals surface area contributed by atoms with Crippen molar-refractivity contribution in [2.24, 2.45) is 5.73 Å². The second-order valence-corrected chi connectivity index (χ2v) is 3.25. The molecule has 0 saturated carbocycles. The van der Waals surface area contributed by atoms with Crippen molar-refractivity contribution < 1.29 is 4.79 Å². The summed E-state index contributed by atoms with van der Waals surface area (Å²) in [6, 6.07) is 0.235. The third-order valence-electron chi connectivity index (χ3n) is 1.59. The van der Waals surface area contributed by atoms with Gasteiger partial charge in [0.15, 0.2) is 0 Å². The van der Waals surface area contributed by atoms with E-state index in [1.165, 1.54) is 0 Å². The maximum Gasteiger partial charge on any atom is 0.279 e. The molecule has 3 nitrogen and oxygen atoms in total. The molecule has 1 atom stereocenters. The molecule has 0 aliphatic carbocycles. The highest BCUT2D eigenvalue weighted by molar-refractivity contribution is 7.96. The average Bonchev–Trinajstić information content (AvgIpc) is 1.85. The Labute approximate surface area is 73.3 Å². The van der Waals surface area contributed by atoms with Crippen LogP contribution in [0, 0.1) is 0 Å². The molecule has 0 heterocycles. The van der Waals surface area contributed by atoms with Crippen LogP contribution in [0.2, 0.25) is 0 Å². The van der Waals surface area contributed by atoms with Gasteiger partial charge in [0, 0.05) is 18.6 Å². The second kappa shape index (κ2) is 4.62. The molecular weight excluding hydrogens is 160 g/mol. The van der Waals surface area contributed by atoms with Gasteiger partial charge in [0.1, 0.15) is 0 Å². The summed E-state index contributed by atoms with van der Waals surface area (Å²) in [6.07, 6.45) is 0. The quantitative estimate of drug-likeness (QED) is 0.632. The highest BCUT2D eigenvalue weighted by Crippen LogP contribution is 2.07. The van der Waals surface area contributed by atoms with Crippen molar-refractivity contribution >= 4 is 17.9 Å². The van der Waals surface area contributed by atoms with E-state index in [1.807, 2.05) is 20.8 Å². The molecule has 0 saturated heterocycles. The molecule has 0 bridgehead atoms. The van der Waals surface area contributed by atoms with Gasteiger partial charge in [0.25, 0.3) is 5.24 Å². The minimum absolute atomic E-state index is 0.0694. The first-order chi connectivity index (χ1) is 5.00. The summed E-state index contributed by atoms with van der Waals surface area (Å²) in [5.41, 5.74) is 5.42. The van der Waals surface area contributed by atoms with Gasteiger partial charge in [-0.1, -0.05) is 12.6 Å². The van der Waals surface area contributed by atoms with Crippen LogP contribution in [0.4, 0.5) is 4.79 Å². The van der Waals surface area contributed by atoms with Gasteiger partial charge in [0.05, 0.1) is 0 Å². The molecule has 4 heteroatoms. The number of nitrogens with zero attached hydrogens (tertiary/aromatic N) is 1. The van der Waals surface area contributed by atoms with E-state index in [0.717, 1.165) is 0 Å². The van der Waals surface area contributed by atoms with Gasteiger partial charge in [-0.25, -0.2) is 0 Å². The standard InChI is InChI=1S/C7H16N2OS/c1-5(2)9(7(10)11)6(3)4-8/h5-6H,4,8H2,1-3H3,(H,10,11). The van der Waals surface area contributed by atoms with Gasteiger partial charge in [0.2, 0.25) is 0 Å². The molecule has 0 radical (unpaired) electrons. The molecule has 2 N–H and O–H groups in total. The van der Waals surface area contributed by atoms with Crippen molar-refractivity contribution in [2.75, 3.05) is 6.54 Å². The van der Waals surface area contributed by atoms with Crippen LogP contribution in [0.5, 0.6) is 0 Å². The normalized spacial score (nSPS) is 13.3. The largest absolute Gasteiger partial charge is 0.328 e. The predicted octanol–water partition coefficient (Wildman–Crippen LogP) is 1.09. The molecule has 0 aromatic carbocycles. The lowest BCUT2D eigenvalue weighted by molar-refractivity contribution is 0.186. The second-order valence-electron chi connectivity index (χ2n) is 2.87. The third kappa shape index (κ3) is 3.12. The fraction of sp³-hybridized carbons (Fsp3) is 0.857. The van der Waals surface area contributed by atoms with Gasteiger partial charge in [-0.3, -0.25) is 4.79 Å². The van der Waals surface area contributed by atoms with Crippen LogP contribution in [0.1, 0.15) is 20.8 Å². The molecular formula is C7H16N2OS. The van der Waals surface area contributed by atoms with Crippen LogP contribution in [0.3, 0.4) is 0 Å². The van der Waals surface area contributed by atoms with Crippen LogP contribution >= 0.6 is 12.6 Å². The lowest BCUT2D eigenvalue weighted by atomic mass is 10.2. The van der Waals surface area contributed by atoms with E-state index in [1.54, 1.807) is 4.90 Å². The summed E-state index contributed by atoms with van der Waals surface area (Å²) in [4.78, 5) is 12.6. The van der Waals surface area contributed by atoms with E-state index >= 15 is 0 Å². The Morgan fingerprint density at radius 2 is 2.00 bits per heavy atom. The zero-order chi connectivity index (χ0) is 9.02. The monoisotopic (exact) mass is 176 g/mol. The lowest BCUT2D eigenvalue weighted by Crippen LogP contribution is -2.44. The van der Waals surface area contributed by atoms with E-state index < -0.39 is 0 Å². The lowest BCUT2D eigenvalue weighted by Gasteiger charge is -2.30. The molecule has 1 unspecified atom stereocenters. The van der Waals surface area contributed by atoms with E-state index in [4.69, 9.17) is 5.73 Å². The Hall–Kier alpha value is -0.220. The molecule has 0 aliphatic rings. The van der Waals surface area contributed by atoms with Crippen LogP contribution in [0.15, 0.2) is 0 Å². The molecule has 11 heavy (non-hydrogen) atoms. The van der Waals surface area contributed by atoms with Crippen LogP contribution in [-0.4, -0.2) is 28.8 Å². The Morgan fingerprint density at radius 3 is 2.09 bits per heavy atom. The average molecular weight is 176 g/mol. The summed E-state index contributed by atoms with van der Waals surface area (Å²) in [7, 11) is 0. The maximum atomic E-state index is 10.9. The molecule has 1 amide bonds. The van der Waals surface area contributed by atoms with Crippen molar-refractivity contribution in [1.29, 1.82) is 0 Å². The first-order valence-electron chi connectivity index (χ1n) is 3.72. The summed E-state index contributed by atoms with van der Waals surface area (Å²) in [6.45, 7) is 6.28. The Bertz CT molecular complexity index is 138. The third-order valence-corrected chi connectivity index (χ3v) is 1.82. The Balaban J connectivity index is 4.21. The molecule has 0 aromatic heterocycles. The van der Waals surface area contributed by atoms with E-state index in [9.17, 15) is 4.79 Å². The van der Waals surface area contributed by atoms with Gasteiger partial charge >= 0.3 is 0 Å². The highest BCUT2D eigenvalue weighted by Gasteiger charge is 2.18. The number of carbonyl (C=O) groups is 1. The number of amides is 1. The van der Waals surface area contributed by atoms with E-state index in [0.29, 0.717) is 6.54 Å². The smallest absolute Gasteiger partial charge is 0.279 e. The molecule has 0 rings (SSSR count). The van der Waals surface area contributed by atoms with Crippen LogP contribution in [-0.2, 0) is 0 Å². The zero-order valence-corrected chi connectivity index (χ0v) is 8.14. The molecule has 0 fully saturated rings.